The third-order valence-electron chi connectivity index (χ3n) is 4.83. The van der Waals surface area contributed by atoms with Crippen molar-refractivity contribution < 1.29 is 13.2 Å². The lowest BCUT2D eigenvalue weighted by Crippen LogP contribution is -2.45. The summed E-state index contributed by atoms with van der Waals surface area (Å²) in [6.07, 6.45) is 3.39. The largest absolute Gasteiger partial charge is 0.312 e. The Balaban J connectivity index is 1.80. The molecule has 6 heteroatoms. The summed E-state index contributed by atoms with van der Waals surface area (Å²) in [6, 6.07) is 5.13. The average Bonchev–Trinajstić information content (AvgIpc) is 3.21. The van der Waals surface area contributed by atoms with Crippen molar-refractivity contribution in [2.24, 2.45) is 11.3 Å². The van der Waals surface area contributed by atoms with Crippen LogP contribution in [0.25, 0.3) is 0 Å². The van der Waals surface area contributed by atoms with Crippen LogP contribution in [0.5, 0.6) is 0 Å². The number of rotatable bonds is 5. The lowest BCUT2D eigenvalue weighted by molar-refractivity contribution is -0.119. The van der Waals surface area contributed by atoms with Gasteiger partial charge in [0.25, 0.3) is 0 Å². The molecule has 1 aliphatic heterocycles. The number of carbonyl (C=O) groups excluding carboxylic acids is 1. The molecule has 0 spiro atoms. The van der Waals surface area contributed by atoms with Crippen molar-refractivity contribution in [3.8, 4) is 0 Å². The van der Waals surface area contributed by atoms with Gasteiger partial charge in [-0.1, -0.05) is 20.8 Å². The predicted molar refractivity (Wildman–Crippen MR) is 104 cm³/mol. The van der Waals surface area contributed by atoms with Gasteiger partial charge in [-0.3, -0.25) is 4.79 Å². The van der Waals surface area contributed by atoms with Gasteiger partial charge in [-0.15, -0.1) is 0 Å². The molecule has 0 bridgehead atoms. The van der Waals surface area contributed by atoms with Gasteiger partial charge in [0.15, 0.2) is 0 Å². The fourth-order valence-electron chi connectivity index (χ4n) is 4.11. The van der Waals surface area contributed by atoms with Crippen LogP contribution in [0.3, 0.4) is 0 Å². The molecule has 26 heavy (non-hydrogen) atoms. The second-order valence-corrected chi connectivity index (χ2v) is 11.2. The Bertz CT molecular complexity index is 818. The Hall–Kier alpha value is -1.40. The number of benzene rings is 1. The van der Waals surface area contributed by atoms with E-state index in [2.05, 4.69) is 25.5 Å². The van der Waals surface area contributed by atoms with Crippen molar-refractivity contribution >= 4 is 21.6 Å². The topological polar surface area (TPSA) is 66.5 Å². The molecule has 1 fully saturated rings. The summed E-state index contributed by atoms with van der Waals surface area (Å²) in [5, 5.41) is 0. The quantitative estimate of drug-likeness (QED) is 0.853. The van der Waals surface area contributed by atoms with Crippen molar-refractivity contribution in [3.63, 3.8) is 0 Å². The molecule has 2 aliphatic rings. The smallest absolute Gasteiger partial charge is 0.241 e. The maximum absolute atomic E-state index is 12.9. The lowest BCUT2D eigenvalue weighted by Gasteiger charge is -2.33. The van der Waals surface area contributed by atoms with Gasteiger partial charge in [0, 0.05) is 23.7 Å². The van der Waals surface area contributed by atoms with Crippen LogP contribution in [0, 0.1) is 11.3 Å². The van der Waals surface area contributed by atoms with Crippen LogP contribution in [0.15, 0.2) is 23.1 Å². The maximum Gasteiger partial charge on any atom is 0.241 e. The fourth-order valence-corrected chi connectivity index (χ4v) is 5.57. The van der Waals surface area contributed by atoms with Gasteiger partial charge in [0.05, 0.1) is 4.90 Å². The van der Waals surface area contributed by atoms with E-state index in [0.717, 1.165) is 30.5 Å². The SMILES string of the molecule is CC(C)(C)CC(C)(C)NS(=O)(=O)c1ccc2c(c1)CCN2C(=O)C1CC1. The molecular formula is C20H30N2O3S. The van der Waals surface area contributed by atoms with Gasteiger partial charge in [-0.2, -0.15) is 0 Å². The van der Waals surface area contributed by atoms with Gasteiger partial charge in [0.2, 0.25) is 15.9 Å². The zero-order valence-corrected chi connectivity index (χ0v) is 17.2. The predicted octanol–water partition coefficient (Wildman–Crippen LogP) is 3.48. The number of sulfonamides is 1. The van der Waals surface area contributed by atoms with Crippen molar-refractivity contribution in [2.45, 2.75) is 70.7 Å². The molecule has 1 aromatic carbocycles. The summed E-state index contributed by atoms with van der Waals surface area (Å²) in [4.78, 5) is 14.5. The van der Waals surface area contributed by atoms with E-state index in [9.17, 15) is 13.2 Å². The number of hydrogen-bond acceptors (Lipinski definition) is 3. The van der Waals surface area contributed by atoms with Crippen LogP contribution in [0.4, 0.5) is 5.69 Å². The van der Waals surface area contributed by atoms with Crippen LogP contribution in [0.1, 0.15) is 59.4 Å². The molecule has 0 radical (unpaired) electrons. The fraction of sp³-hybridized carbons (Fsp3) is 0.650. The van der Waals surface area contributed by atoms with E-state index in [0.29, 0.717) is 13.0 Å². The molecule has 0 atom stereocenters. The van der Waals surface area contributed by atoms with E-state index < -0.39 is 15.6 Å². The van der Waals surface area contributed by atoms with Crippen molar-refractivity contribution in [1.82, 2.24) is 4.72 Å². The van der Waals surface area contributed by atoms with Gasteiger partial charge < -0.3 is 4.90 Å². The molecule has 3 rings (SSSR count). The third-order valence-corrected chi connectivity index (χ3v) is 6.53. The Labute approximate surface area is 157 Å². The highest BCUT2D eigenvalue weighted by molar-refractivity contribution is 7.89. The van der Waals surface area contributed by atoms with Crippen LogP contribution < -0.4 is 9.62 Å². The molecular weight excluding hydrogens is 348 g/mol. The molecule has 5 nitrogen and oxygen atoms in total. The zero-order valence-electron chi connectivity index (χ0n) is 16.4. The van der Waals surface area contributed by atoms with E-state index in [1.54, 1.807) is 18.2 Å². The van der Waals surface area contributed by atoms with Gasteiger partial charge in [-0.05, 0) is 68.7 Å². The Morgan fingerprint density at radius 1 is 1.19 bits per heavy atom. The lowest BCUT2D eigenvalue weighted by atomic mass is 9.82. The van der Waals surface area contributed by atoms with Crippen molar-refractivity contribution in [1.29, 1.82) is 0 Å². The van der Waals surface area contributed by atoms with Gasteiger partial charge in [0.1, 0.15) is 0 Å². The summed E-state index contributed by atoms with van der Waals surface area (Å²) in [6.45, 7) is 10.8. The van der Waals surface area contributed by atoms with Crippen LogP contribution in [0.2, 0.25) is 0 Å². The summed E-state index contributed by atoms with van der Waals surface area (Å²) >= 11 is 0. The van der Waals surface area contributed by atoms with Crippen molar-refractivity contribution in [2.75, 3.05) is 11.4 Å². The Morgan fingerprint density at radius 3 is 2.42 bits per heavy atom. The molecule has 0 saturated heterocycles. The highest BCUT2D eigenvalue weighted by Gasteiger charge is 2.37. The highest BCUT2D eigenvalue weighted by Crippen LogP contribution is 2.37. The second kappa shape index (κ2) is 6.34. The van der Waals surface area contributed by atoms with E-state index in [4.69, 9.17) is 0 Å². The number of anilines is 1. The number of amides is 1. The number of nitrogens with zero attached hydrogens (tertiary/aromatic N) is 1. The summed E-state index contributed by atoms with van der Waals surface area (Å²) in [5.74, 6) is 0.355. The standard InChI is InChI=1S/C20H30N2O3S/c1-19(2,3)13-20(4,5)21-26(24,25)16-8-9-17-15(12-16)10-11-22(17)18(23)14-6-7-14/h8-9,12,14,21H,6-7,10-11,13H2,1-5H3. The van der Waals surface area contributed by atoms with Crippen LogP contribution in [-0.4, -0.2) is 26.4 Å². The zero-order chi connectivity index (χ0) is 19.3. The summed E-state index contributed by atoms with van der Waals surface area (Å²) < 4.78 is 28.6. The molecule has 1 amide bonds. The molecule has 1 N–H and O–H groups in total. The third kappa shape index (κ3) is 4.29. The first-order valence-corrected chi connectivity index (χ1v) is 10.8. The highest BCUT2D eigenvalue weighted by atomic mass is 32.2. The number of carbonyl (C=O) groups is 1. The van der Waals surface area contributed by atoms with Crippen LogP contribution in [-0.2, 0) is 21.2 Å². The first-order chi connectivity index (χ1) is 11.9. The Morgan fingerprint density at radius 2 is 1.85 bits per heavy atom. The van der Waals surface area contributed by atoms with E-state index in [1.807, 2.05) is 18.7 Å². The molecule has 0 aromatic heterocycles. The normalized spacial score (nSPS) is 18.1. The van der Waals surface area contributed by atoms with Gasteiger partial charge >= 0.3 is 0 Å². The summed E-state index contributed by atoms with van der Waals surface area (Å²) in [5.41, 5.74) is 1.29. The van der Waals surface area contributed by atoms with E-state index >= 15 is 0 Å². The van der Waals surface area contributed by atoms with E-state index in [1.165, 1.54) is 0 Å². The minimum atomic E-state index is -3.61. The van der Waals surface area contributed by atoms with Crippen LogP contribution >= 0.6 is 0 Å². The number of hydrogen-bond donors (Lipinski definition) is 1. The number of nitrogens with one attached hydrogen (secondary N) is 1. The minimum absolute atomic E-state index is 0.0215. The van der Waals surface area contributed by atoms with E-state index in [-0.39, 0.29) is 22.1 Å². The summed E-state index contributed by atoms with van der Waals surface area (Å²) in [7, 11) is -3.61. The average molecular weight is 379 g/mol. The maximum atomic E-state index is 12.9. The second-order valence-electron chi connectivity index (χ2n) is 9.53. The molecule has 1 aromatic rings. The minimum Gasteiger partial charge on any atom is -0.312 e. The Kier molecular flexibility index (Phi) is 4.72. The molecule has 1 aliphatic carbocycles. The monoisotopic (exact) mass is 378 g/mol. The molecule has 0 unspecified atom stereocenters. The van der Waals surface area contributed by atoms with Gasteiger partial charge in [-0.25, -0.2) is 13.1 Å². The molecule has 1 heterocycles. The molecule has 144 valence electrons. The molecule has 1 saturated carbocycles. The number of fused-ring (bicyclic) bond motifs is 1. The first-order valence-electron chi connectivity index (χ1n) is 9.36. The van der Waals surface area contributed by atoms with Crippen molar-refractivity contribution in [3.05, 3.63) is 23.8 Å². The first kappa shape index (κ1) is 19.4.